The maximum Gasteiger partial charge on any atom is 0.416 e. The lowest BCUT2D eigenvalue weighted by atomic mass is 10.2. The molecule has 6 nitrogen and oxygen atoms in total. The van der Waals surface area contributed by atoms with Gasteiger partial charge in [0.2, 0.25) is 10.0 Å². The van der Waals surface area contributed by atoms with Gasteiger partial charge in [-0.3, -0.25) is 4.90 Å². The third-order valence-electron chi connectivity index (χ3n) is 4.94. The van der Waals surface area contributed by atoms with Crippen molar-refractivity contribution in [2.24, 2.45) is 0 Å². The molecule has 0 radical (unpaired) electrons. The minimum absolute atomic E-state index is 0.207. The standard InChI is InChI=1S/C19H19F3N4O2S/c20-19(21,22)14-4-3-5-15(12-14)29(27,28)26-10-8-25(9-11-26)13-18-23-16-6-1-2-7-17(16)24-18/h1-7,12H,8-11,13H2,(H,23,24). The number of nitrogens with zero attached hydrogens (tertiary/aromatic N) is 3. The Morgan fingerprint density at radius 1 is 1.00 bits per heavy atom. The normalized spacial score (nSPS) is 17.1. The number of aromatic amines is 1. The van der Waals surface area contributed by atoms with Gasteiger partial charge in [0.25, 0.3) is 0 Å². The van der Waals surface area contributed by atoms with Crippen molar-refractivity contribution in [2.45, 2.75) is 17.6 Å². The summed E-state index contributed by atoms with van der Waals surface area (Å²) in [4.78, 5) is 9.49. The third kappa shape index (κ3) is 4.14. The lowest BCUT2D eigenvalue weighted by Gasteiger charge is -2.33. The maximum absolute atomic E-state index is 12.9. The van der Waals surface area contributed by atoms with E-state index in [1.807, 2.05) is 24.3 Å². The van der Waals surface area contributed by atoms with Crippen molar-refractivity contribution < 1.29 is 21.6 Å². The molecule has 29 heavy (non-hydrogen) atoms. The van der Waals surface area contributed by atoms with Gasteiger partial charge in [-0.15, -0.1) is 0 Å². The molecule has 0 spiro atoms. The molecule has 1 aromatic heterocycles. The molecule has 0 unspecified atom stereocenters. The molecule has 3 aromatic rings. The van der Waals surface area contributed by atoms with E-state index in [0.717, 1.165) is 29.0 Å². The van der Waals surface area contributed by atoms with E-state index in [2.05, 4.69) is 14.9 Å². The number of hydrogen-bond donors (Lipinski definition) is 1. The molecule has 1 N–H and O–H groups in total. The van der Waals surface area contributed by atoms with Crippen LogP contribution in [0.25, 0.3) is 11.0 Å². The van der Waals surface area contributed by atoms with E-state index in [0.29, 0.717) is 25.7 Å². The minimum atomic E-state index is -4.59. The van der Waals surface area contributed by atoms with E-state index in [4.69, 9.17) is 0 Å². The summed E-state index contributed by atoms with van der Waals surface area (Å²) in [5, 5.41) is 0. The minimum Gasteiger partial charge on any atom is -0.341 e. The molecule has 0 amide bonds. The van der Waals surface area contributed by atoms with Gasteiger partial charge in [-0.2, -0.15) is 17.5 Å². The predicted molar refractivity (Wildman–Crippen MR) is 102 cm³/mol. The van der Waals surface area contributed by atoms with Crippen LogP contribution < -0.4 is 0 Å². The Labute approximate surface area is 166 Å². The van der Waals surface area contributed by atoms with Crippen LogP contribution in [0.2, 0.25) is 0 Å². The number of para-hydroxylation sites is 2. The molecule has 2 heterocycles. The van der Waals surface area contributed by atoms with Gasteiger partial charge in [-0.25, -0.2) is 13.4 Å². The van der Waals surface area contributed by atoms with Crippen molar-refractivity contribution in [3.05, 3.63) is 59.9 Å². The Bertz CT molecular complexity index is 1090. The number of halogens is 3. The zero-order valence-electron chi connectivity index (χ0n) is 15.4. The Kier molecular flexibility index (Phi) is 5.09. The summed E-state index contributed by atoms with van der Waals surface area (Å²) in [7, 11) is -3.98. The van der Waals surface area contributed by atoms with Crippen LogP contribution in [0.4, 0.5) is 13.2 Å². The second-order valence-electron chi connectivity index (χ2n) is 6.91. The summed E-state index contributed by atoms with van der Waals surface area (Å²) in [6.45, 7) is 1.90. The molecular formula is C19H19F3N4O2S. The molecule has 10 heteroatoms. The summed E-state index contributed by atoms with van der Waals surface area (Å²) in [6.07, 6.45) is -4.59. The Morgan fingerprint density at radius 2 is 1.72 bits per heavy atom. The first-order valence-electron chi connectivity index (χ1n) is 9.07. The van der Waals surface area contributed by atoms with Crippen molar-refractivity contribution in [1.82, 2.24) is 19.2 Å². The van der Waals surface area contributed by atoms with Gasteiger partial charge in [0.1, 0.15) is 5.82 Å². The summed E-state index contributed by atoms with van der Waals surface area (Å²) >= 11 is 0. The van der Waals surface area contributed by atoms with Crippen LogP contribution in [0.1, 0.15) is 11.4 Å². The lowest BCUT2D eigenvalue weighted by molar-refractivity contribution is -0.137. The summed E-state index contributed by atoms with van der Waals surface area (Å²) in [5.41, 5.74) is 0.837. The molecule has 1 aliphatic rings. The molecule has 1 aliphatic heterocycles. The lowest BCUT2D eigenvalue weighted by Crippen LogP contribution is -2.48. The smallest absolute Gasteiger partial charge is 0.341 e. The molecule has 4 rings (SSSR count). The van der Waals surface area contributed by atoms with Gasteiger partial charge in [-0.1, -0.05) is 18.2 Å². The predicted octanol–water partition coefficient (Wildman–Crippen LogP) is 3.09. The highest BCUT2D eigenvalue weighted by atomic mass is 32.2. The Hall–Kier alpha value is -2.43. The van der Waals surface area contributed by atoms with E-state index in [-0.39, 0.29) is 18.0 Å². The summed E-state index contributed by atoms with van der Waals surface area (Å²) in [5.74, 6) is 0.792. The van der Waals surface area contributed by atoms with Crippen molar-refractivity contribution >= 4 is 21.1 Å². The van der Waals surface area contributed by atoms with Gasteiger partial charge >= 0.3 is 6.18 Å². The fraction of sp³-hybridized carbons (Fsp3) is 0.316. The van der Waals surface area contributed by atoms with Crippen LogP contribution in [0.15, 0.2) is 53.4 Å². The van der Waals surface area contributed by atoms with Crippen LogP contribution in [0.3, 0.4) is 0 Å². The number of nitrogens with one attached hydrogen (secondary N) is 1. The quantitative estimate of drug-likeness (QED) is 0.699. The number of H-pyrrole nitrogens is 1. The number of piperazine rings is 1. The number of rotatable bonds is 4. The van der Waals surface area contributed by atoms with Gasteiger partial charge in [0, 0.05) is 26.2 Å². The molecule has 0 bridgehead atoms. The first-order valence-corrected chi connectivity index (χ1v) is 10.5. The largest absolute Gasteiger partial charge is 0.416 e. The van der Waals surface area contributed by atoms with Gasteiger partial charge in [-0.05, 0) is 30.3 Å². The number of alkyl halides is 3. The molecule has 0 saturated carbocycles. The number of hydrogen-bond acceptors (Lipinski definition) is 4. The van der Waals surface area contributed by atoms with E-state index >= 15 is 0 Å². The second kappa shape index (κ2) is 7.43. The highest BCUT2D eigenvalue weighted by Crippen LogP contribution is 2.31. The first-order chi connectivity index (χ1) is 13.7. The highest BCUT2D eigenvalue weighted by molar-refractivity contribution is 7.89. The van der Waals surface area contributed by atoms with E-state index < -0.39 is 21.8 Å². The fourth-order valence-corrected chi connectivity index (χ4v) is 4.87. The van der Waals surface area contributed by atoms with Crippen LogP contribution in [0, 0.1) is 0 Å². The Balaban J connectivity index is 1.43. The third-order valence-corrected chi connectivity index (χ3v) is 6.84. The fourth-order valence-electron chi connectivity index (χ4n) is 3.40. The average molecular weight is 424 g/mol. The van der Waals surface area contributed by atoms with Crippen LogP contribution >= 0.6 is 0 Å². The summed E-state index contributed by atoms with van der Waals surface area (Å²) < 4.78 is 65.5. The van der Waals surface area contributed by atoms with Crippen molar-refractivity contribution in [1.29, 1.82) is 0 Å². The van der Waals surface area contributed by atoms with Crippen LogP contribution in [0.5, 0.6) is 0 Å². The van der Waals surface area contributed by atoms with Crippen molar-refractivity contribution in [3.63, 3.8) is 0 Å². The number of aromatic nitrogens is 2. The second-order valence-corrected chi connectivity index (χ2v) is 8.84. The summed E-state index contributed by atoms with van der Waals surface area (Å²) in [6, 6.07) is 11.5. The molecule has 2 aromatic carbocycles. The van der Waals surface area contributed by atoms with Gasteiger partial charge < -0.3 is 4.98 Å². The van der Waals surface area contributed by atoms with E-state index in [1.165, 1.54) is 10.4 Å². The Morgan fingerprint density at radius 3 is 2.41 bits per heavy atom. The maximum atomic E-state index is 12.9. The van der Waals surface area contributed by atoms with Crippen LogP contribution in [-0.2, 0) is 22.7 Å². The van der Waals surface area contributed by atoms with Gasteiger partial charge in [0.15, 0.2) is 0 Å². The number of sulfonamides is 1. The van der Waals surface area contributed by atoms with Crippen LogP contribution in [-0.4, -0.2) is 53.8 Å². The topological polar surface area (TPSA) is 69.3 Å². The van der Waals surface area contributed by atoms with Gasteiger partial charge in [0.05, 0.1) is 28.0 Å². The zero-order chi connectivity index (χ0) is 20.6. The monoisotopic (exact) mass is 424 g/mol. The van der Waals surface area contributed by atoms with E-state index in [9.17, 15) is 21.6 Å². The zero-order valence-corrected chi connectivity index (χ0v) is 16.2. The molecular weight excluding hydrogens is 405 g/mol. The first kappa shape index (κ1) is 19.9. The molecule has 0 aliphatic carbocycles. The highest BCUT2D eigenvalue weighted by Gasteiger charge is 2.34. The average Bonchev–Trinajstić information content (AvgIpc) is 3.10. The number of benzene rings is 2. The van der Waals surface area contributed by atoms with Crippen molar-refractivity contribution in [2.75, 3.05) is 26.2 Å². The number of imidazole rings is 1. The molecule has 154 valence electrons. The SMILES string of the molecule is O=S(=O)(c1cccc(C(F)(F)F)c1)N1CCN(Cc2nc3ccccc3[nH]2)CC1. The van der Waals surface area contributed by atoms with E-state index in [1.54, 1.807) is 0 Å². The van der Waals surface area contributed by atoms with Crippen molar-refractivity contribution in [3.8, 4) is 0 Å². The number of fused-ring (bicyclic) bond motifs is 1. The molecule has 0 atom stereocenters. The molecule has 1 fully saturated rings. The molecule has 1 saturated heterocycles.